The van der Waals surface area contributed by atoms with Crippen molar-refractivity contribution in [1.82, 2.24) is 15.2 Å². The molecule has 0 spiro atoms. The van der Waals surface area contributed by atoms with Crippen molar-refractivity contribution >= 4 is 23.2 Å². The highest BCUT2D eigenvalue weighted by Crippen LogP contribution is 2.32. The molecule has 9 heteroatoms. The molecule has 2 aromatic carbocycles. The van der Waals surface area contributed by atoms with Gasteiger partial charge in [-0.15, -0.1) is 11.3 Å². The van der Waals surface area contributed by atoms with E-state index < -0.39 is 24.0 Å². The van der Waals surface area contributed by atoms with Crippen LogP contribution in [0.25, 0.3) is 0 Å². The van der Waals surface area contributed by atoms with Gasteiger partial charge < -0.3 is 20.4 Å². The van der Waals surface area contributed by atoms with Gasteiger partial charge in [-0.1, -0.05) is 36.4 Å². The van der Waals surface area contributed by atoms with E-state index in [0.717, 1.165) is 35.2 Å². The zero-order valence-electron chi connectivity index (χ0n) is 19.4. The number of aromatic nitrogens is 1. The van der Waals surface area contributed by atoms with E-state index in [1.54, 1.807) is 6.07 Å². The quantitative estimate of drug-likeness (QED) is 0.444. The first kappa shape index (κ1) is 25.0. The Morgan fingerprint density at radius 1 is 1.20 bits per heavy atom. The summed E-state index contributed by atoms with van der Waals surface area (Å²) < 4.78 is 13.5. The Balaban J connectivity index is 1.32. The van der Waals surface area contributed by atoms with E-state index in [0.29, 0.717) is 18.0 Å². The van der Waals surface area contributed by atoms with Crippen molar-refractivity contribution in [3.8, 4) is 0 Å². The number of likely N-dealkylation sites (tertiary alicyclic amines) is 1. The summed E-state index contributed by atoms with van der Waals surface area (Å²) in [4.78, 5) is 31.3. The van der Waals surface area contributed by atoms with Crippen molar-refractivity contribution in [2.45, 2.75) is 51.0 Å². The SMILES string of the molecule is Cc1ccc(F)cc1Cc1csc(CNC(=O)[C@H](O)[C@@H](O)C(=O)N2CCCC2c2ccccc2)n1. The number of thiazole rings is 1. The fourth-order valence-electron chi connectivity index (χ4n) is 4.30. The van der Waals surface area contributed by atoms with Crippen molar-refractivity contribution < 1.29 is 24.2 Å². The van der Waals surface area contributed by atoms with E-state index >= 15 is 0 Å². The number of halogens is 1. The minimum Gasteiger partial charge on any atom is -0.380 e. The summed E-state index contributed by atoms with van der Waals surface area (Å²) in [5, 5.41) is 25.8. The predicted octanol–water partition coefficient (Wildman–Crippen LogP) is 2.88. The molecular formula is C26H28FN3O4S. The third-order valence-electron chi connectivity index (χ3n) is 6.24. The smallest absolute Gasteiger partial charge is 0.255 e. The average Bonchev–Trinajstić information content (AvgIpc) is 3.54. The van der Waals surface area contributed by atoms with Gasteiger partial charge in [-0.2, -0.15) is 0 Å². The lowest BCUT2D eigenvalue weighted by molar-refractivity contribution is -0.153. The third-order valence-corrected chi connectivity index (χ3v) is 7.13. The molecule has 35 heavy (non-hydrogen) atoms. The number of nitrogens with zero attached hydrogens (tertiary/aromatic N) is 2. The number of amides is 2. The zero-order valence-corrected chi connectivity index (χ0v) is 20.2. The molecule has 1 fully saturated rings. The lowest BCUT2D eigenvalue weighted by atomic mass is 10.0. The maximum absolute atomic E-state index is 13.5. The van der Waals surface area contributed by atoms with Crippen LogP contribution in [0.2, 0.25) is 0 Å². The maximum Gasteiger partial charge on any atom is 0.255 e. The van der Waals surface area contributed by atoms with Crippen LogP contribution in [0.5, 0.6) is 0 Å². The van der Waals surface area contributed by atoms with Crippen molar-refractivity contribution in [2.75, 3.05) is 6.54 Å². The predicted molar refractivity (Wildman–Crippen MR) is 130 cm³/mol. The van der Waals surface area contributed by atoms with E-state index in [1.807, 2.05) is 42.6 Å². The fraction of sp³-hybridized carbons (Fsp3) is 0.346. The summed E-state index contributed by atoms with van der Waals surface area (Å²) in [5.74, 6) is -1.82. The van der Waals surface area contributed by atoms with E-state index in [1.165, 1.54) is 28.4 Å². The molecule has 0 saturated carbocycles. The van der Waals surface area contributed by atoms with Gasteiger partial charge in [-0.3, -0.25) is 9.59 Å². The maximum atomic E-state index is 13.5. The largest absolute Gasteiger partial charge is 0.380 e. The van der Waals surface area contributed by atoms with Crippen LogP contribution < -0.4 is 5.32 Å². The Bertz CT molecular complexity index is 1190. The number of aliphatic hydroxyl groups excluding tert-OH is 2. The molecule has 0 bridgehead atoms. The first-order chi connectivity index (χ1) is 16.8. The summed E-state index contributed by atoms with van der Waals surface area (Å²) in [6.45, 7) is 2.40. The summed E-state index contributed by atoms with van der Waals surface area (Å²) in [7, 11) is 0. The van der Waals surface area contributed by atoms with Gasteiger partial charge in [-0.25, -0.2) is 9.37 Å². The lowest BCUT2D eigenvalue weighted by Gasteiger charge is -2.28. The highest BCUT2D eigenvalue weighted by molar-refractivity contribution is 7.09. The molecule has 1 aliphatic rings. The number of rotatable bonds is 8. The van der Waals surface area contributed by atoms with Gasteiger partial charge in [0.2, 0.25) is 0 Å². The molecule has 1 saturated heterocycles. The number of hydrogen-bond acceptors (Lipinski definition) is 6. The van der Waals surface area contributed by atoms with Crippen LogP contribution in [0.4, 0.5) is 4.39 Å². The van der Waals surface area contributed by atoms with Crippen molar-refractivity contribution in [3.63, 3.8) is 0 Å². The van der Waals surface area contributed by atoms with Crippen LogP contribution in [0.1, 0.15) is 46.3 Å². The number of carbonyl (C=O) groups is 2. The molecule has 0 aliphatic carbocycles. The number of carbonyl (C=O) groups excluding carboxylic acids is 2. The average molecular weight is 498 g/mol. The second kappa shape index (κ2) is 11.1. The molecule has 1 aliphatic heterocycles. The van der Waals surface area contributed by atoms with Gasteiger partial charge in [0.1, 0.15) is 10.8 Å². The number of hydrogen-bond donors (Lipinski definition) is 3. The molecule has 1 aromatic heterocycles. The molecule has 2 heterocycles. The fourth-order valence-corrected chi connectivity index (χ4v) is 5.04. The molecule has 1 unspecified atom stereocenters. The van der Waals surface area contributed by atoms with Crippen LogP contribution >= 0.6 is 11.3 Å². The van der Waals surface area contributed by atoms with Gasteiger partial charge in [-0.05, 0) is 48.6 Å². The Morgan fingerprint density at radius 2 is 1.97 bits per heavy atom. The number of benzene rings is 2. The van der Waals surface area contributed by atoms with Crippen LogP contribution in [0.3, 0.4) is 0 Å². The lowest BCUT2D eigenvalue weighted by Crippen LogP contribution is -2.50. The third kappa shape index (κ3) is 5.93. The van der Waals surface area contributed by atoms with Crippen LogP contribution in [0.15, 0.2) is 53.9 Å². The molecule has 2 amide bonds. The Kier molecular flexibility index (Phi) is 7.90. The second-order valence-electron chi connectivity index (χ2n) is 8.69. The minimum atomic E-state index is -1.89. The van der Waals surface area contributed by atoms with E-state index in [2.05, 4.69) is 10.3 Å². The molecule has 7 nitrogen and oxygen atoms in total. The Hall–Kier alpha value is -3.14. The van der Waals surface area contributed by atoms with Gasteiger partial charge in [0, 0.05) is 18.3 Å². The molecule has 0 radical (unpaired) electrons. The molecular weight excluding hydrogens is 469 g/mol. The van der Waals surface area contributed by atoms with Crippen LogP contribution in [-0.2, 0) is 22.6 Å². The standard InChI is InChI=1S/C26H28FN3O4S/c1-16-9-10-19(27)12-18(16)13-20-15-35-22(29-20)14-28-25(33)23(31)24(32)26(34)30-11-5-8-21(30)17-6-3-2-4-7-17/h2-4,6-7,9-10,12,15,21,23-24,31-32H,5,8,11,13-14H2,1H3,(H,28,33)/t21?,23-,24-/m1/s1. The molecule has 184 valence electrons. The van der Waals surface area contributed by atoms with Crippen molar-refractivity contribution in [1.29, 1.82) is 0 Å². The summed E-state index contributed by atoms with van der Waals surface area (Å²) >= 11 is 1.33. The monoisotopic (exact) mass is 497 g/mol. The number of aliphatic hydroxyl groups is 2. The highest BCUT2D eigenvalue weighted by Gasteiger charge is 2.38. The summed E-state index contributed by atoms with van der Waals surface area (Å²) in [6.07, 6.45) is -1.76. The van der Waals surface area contributed by atoms with E-state index in [4.69, 9.17) is 0 Å². The highest BCUT2D eigenvalue weighted by atomic mass is 32.1. The van der Waals surface area contributed by atoms with E-state index in [-0.39, 0.29) is 18.4 Å². The van der Waals surface area contributed by atoms with Gasteiger partial charge in [0.05, 0.1) is 18.3 Å². The first-order valence-electron chi connectivity index (χ1n) is 11.5. The Morgan fingerprint density at radius 3 is 2.74 bits per heavy atom. The summed E-state index contributed by atoms with van der Waals surface area (Å²) in [6, 6.07) is 13.9. The van der Waals surface area contributed by atoms with Crippen LogP contribution in [0, 0.1) is 12.7 Å². The normalized spacial score (nSPS) is 17.3. The molecule has 3 atom stereocenters. The second-order valence-corrected chi connectivity index (χ2v) is 9.63. The minimum absolute atomic E-state index is 0.0416. The first-order valence-corrected chi connectivity index (χ1v) is 12.4. The van der Waals surface area contributed by atoms with E-state index in [9.17, 15) is 24.2 Å². The van der Waals surface area contributed by atoms with Gasteiger partial charge >= 0.3 is 0 Å². The molecule has 4 rings (SSSR count). The zero-order chi connectivity index (χ0) is 24.9. The van der Waals surface area contributed by atoms with Crippen molar-refractivity contribution in [2.24, 2.45) is 0 Å². The topological polar surface area (TPSA) is 103 Å². The number of nitrogens with one attached hydrogen (secondary N) is 1. The van der Waals surface area contributed by atoms with Gasteiger partial charge in [0.25, 0.3) is 11.8 Å². The summed E-state index contributed by atoms with van der Waals surface area (Å²) in [5.41, 5.74) is 3.49. The molecule has 3 N–H and O–H groups in total. The molecule has 3 aromatic rings. The number of aryl methyl sites for hydroxylation is 1. The Labute approximate surface area is 207 Å². The van der Waals surface area contributed by atoms with Crippen molar-refractivity contribution in [3.05, 3.63) is 87.1 Å². The van der Waals surface area contributed by atoms with Gasteiger partial charge in [0.15, 0.2) is 12.2 Å². The van der Waals surface area contributed by atoms with Crippen LogP contribution in [-0.4, -0.2) is 50.7 Å².